The molecule has 1 N–H and O–H groups in total. The molecule has 0 spiro atoms. The van der Waals surface area contributed by atoms with E-state index in [0.717, 1.165) is 10.9 Å². The summed E-state index contributed by atoms with van der Waals surface area (Å²) in [6.45, 7) is 4.90. The number of nitrogens with one attached hydrogen (secondary N) is 1. The van der Waals surface area contributed by atoms with E-state index < -0.39 is 0 Å². The van der Waals surface area contributed by atoms with E-state index in [9.17, 15) is 9.59 Å². The van der Waals surface area contributed by atoms with Crippen LogP contribution in [0.25, 0.3) is 10.9 Å². The lowest BCUT2D eigenvalue weighted by Gasteiger charge is -2.24. The third-order valence-electron chi connectivity index (χ3n) is 4.14. The van der Waals surface area contributed by atoms with Gasteiger partial charge in [0.15, 0.2) is 0 Å². The number of carbonyl (C=O) groups is 1. The van der Waals surface area contributed by atoms with Crippen LogP contribution in [0.5, 0.6) is 0 Å². The van der Waals surface area contributed by atoms with E-state index in [0.29, 0.717) is 22.7 Å². The fourth-order valence-electron chi connectivity index (χ4n) is 2.98. The number of fused-ring (bicyclic) bond motifs is 1. The minimum Gasteiger partial charge on any atom is -0.334 e. The molecule has 2 aromatic carbocycles. The number of rotatable bonds is 5. The number of aromatic nitrogens is 1. The summed E-state index contributed by atoms with van der Waals surface area (Å²) in [6, 6.07) is 16.4. The van der Waals surface area contributed by atoms with Gasteiger partial charge in [0.05, 0.1) is 6.54 Å². The summed E-state index contributed by atoms with van der Waals surface area (Å²) >= 11 is 6.02. The summed E-state index contributed by atoms with van der Waals surface area (Å²) in [5, 5.41) is 1.46. The molecule has 3 aromatic rings. The Bertz CT molecular complexity index is 994. The molecular formula is C21H21ClN2O2. The Kier molecular flexibility index (Phi) is 5.43. The van der Waals surface area contributed by atoms with Crippen molar-refractivity contribution in [2.75, 3.05) is 6.54 Å². The van der Waals surface area contributed by atoms with Crippen molar-refractivity contribution >= 4 is 28.4 Å². The van der Waals surface area contributed by atoms with Gasteiger partial charge in [-0.25, -0.2) is 0 Å². The Morgan fingerprint density at radius 3 is 2.62 bits per heavy atom. The first-order valence-corrected chi connectivity index (χ1v) is 8.97. The second kappa shape index (κ2) is 7.75. The van der Waals surface area contributed by atoms with E-state index in [2.05, 4.69) is 4.98 Å². The highest BCUT2D eigenvalue weighted by atomic mass is 35.5. The molecule has 0 aliphatic heterocycles. The molecule has 3 rings (SSSR count). The maximum atomic E-state index is 13.0. The van der Waals surface area contributed by atoms with Crippen molar-refractivity contribution in [2.45, 2.75) is 20.4 Å². The number of halogens is 1. The van der Waals surface area contributed by atoms with Gasteiger partial charge in [-0.3, -0.25) is 9.59 Å². The molecule has 0 unspecified atom stereocenters. The Morgan fingerprint density at radius 1 is 1.12 bits per heavy atom. The highest BCUT2D eigenvalue weighted by Crippen LogP contribution is 2.17. The second-order valence-corrected chi connectivity index (χ2v) is 7.24. The maximum Gasteiger partial charge on any atom is 0.254 e. The predicted molar refractivity (Wildman–Crippen MR) is 106 cm³/mol. The zero-order chi connectivity index (χ0) is 18.7. The molecule has 0 aliphatic carbocycles. The van der Waals surface area contributed by atoms with Crippen LogP contribution in [0, 0.1) is 5.92 Å². The van der Waals surface area contributed by atoms with Crippen molar-refractivity contribution in [1.82, 2.24) is 9.88 Å². The Labute approximate surface area is 157 Å². The fraction of sp³-hybridized carbons (Fsp3) is 0.238. The minimum absolute atomic E-state index is 0.131. The van der Waals surface area contributed by atoms with Crippen molar-refractivity contribution in [3.63, 3.8) is 0 Å². The molecule has 0 saturated heterocycles. The SMILES string of the molecule is CC(C)CN(Cc1cc2ccccc2[nH]c1=O)C(=O)c1cccc(Cl)c1. The fourth-order valence-corrected chi connectivity index (χ4v) is 3.17. The number of nitrogens with zero attached hydrogens (tertiary/aromatic N) is 1. The van der Waals surface area contributed by atoms with Gasteiger partial charge in [0.2, 0.25) is 0 Å². The molecule has 134 valence electrons. The van der Waals surface area contributed by atoms with Crippen LogP contribution in [0.3, 0.4) is 0 Å². The monoisotopic (exact) mass is 368 g/mol. The normalized spacial score (nSPS) is 11.1. The molecule has 0 atom stereocenters. The number of hydrogen-bond acceptors (Lipinski definition) is 2. The van der Waals surface area contributed by atoms with E-state index in [1.807, 2.05) is 44.2 Å². The highest BCUT2D eigenvalue weighted by Gasteiger charge is 2.19. The first-order chi connectivity index (χ1) is 12.4. The smallest absolute Gasteiger partial charge is 0.254 e. The van der Waals surface area contributed by atoms with Crippen LogP contribution in [0.2, 0.25) is 5.02 Å². The molecule has 5 heteroatoms. The number of para-hydroxylation sites is 1. The van der Waals surface area contributed by atoms with Crippen LogP contribution >= 0.6 is 11.6 Å². The average molecular weight is 369 g/mol. The van der Waals surface area contributed by atoms with E-state index in [1.165, 1.54) is 0 Å². The van der Waals surface area contributed by atoms with Gasteiger partial charge in [0.1, 0.15) is 0 Å². The van der Waals surface area contributed by atoms with Crippen molar-refractivity contribution in [1.29, 1.82) is 0 Å². The van der Waals surface area contributed by atoms with Crippen molar-refractivity contribution in [2.24, 2.45) is 5.92 Å². The quantitative estimate of drug-likeness (QED) is 0.721. The minimum atomic E-state index is -0.170. The lowest BCUT2D eigenvalue weighted by Crippen LogP contribution is -2.35. The third kappa shape index (κ3) is 4.14. The summed E-state index contributed by atoms with van der Waals surface area (Å²) in [4.78, 5) is 30.0. The zero-order valence-corrected chi connectivity index (χ0v) is 15.6. The Morgan fingerprint density at radius 2 is 1.88 bits per heavy atom. The van der Waals surface area contributed by atoms with Crippen LogP contribution in [-0.4, -0.2) is 22.3 Å². The van der Waals surface area contributed by atoms with Gasteiger partial charge >= 0.3 is 0 Å². The summed E-state index contributed by atoms with van der Waals surface area (Å²) in [7, 11) is 0. The summed E-state index contributed by atoms with van der Waals surface area (Å²) in [5.41, 5.74) is 1.71. The van der Waals surface area contributed by atoms with E-state index in [4.69, 9.17) is 11.6 Å². The van der Waals surface area contributed by atoms with Crippen LogP contribution in [0.15, 0.2) is 59.4 Å². The Hall–Kier alpha value is -2.59. The predicted octanol–water partition coefficient (Wildman–Crippen LogP) is 4.48. The number of benzene rings is 2. The van der Waals surface area contributed by atoms with E-state index >= 15 is 0 Å². The molecule has 26 heavy (non-hydrogen) atoms. The molecule has 0 bridgehead atoms. The summed E-state index contributed by atoms with van der Waals surface area (Å²) in [5.74, 6) is 0.145. The molecular weight excluding hydrogens is 348 g/mol. The molecule has 1 amide bonds. The lowest BCUT2D eigenvalue weighted by molar-refractivity contribution is 0.0722. The van der Waals surface area contributed by atoms with Crippen molar-refractivity contribution in [3.8, 4) is 0 Å². The topological polar surface area (TPSA) is 53.2 Å². The highest BCUT2D eigenvalue weighted by molar-refractivity contribution is 6.30. The van der Waals surface area contributed by atoms with Gasteiger partial charge in [-0.15, -0.1) is 0 Å². The van der Waals surface area contributed by atoms with Crippen molar-refractivity contribution in [3.05, 3.63) is 81.1 Å². The first-order valence-electron chi connectivity index (χ1n) is 8.60. The Balaban J connectivity index is 1.95. The van der Waals surface area contributed by atoms with Gasteiger partial charge in [0, 0.05) is 28.2 Å². The number of carbonyl (C=O) groups excluding carboxylic acids is 1. The molecule has 0 fully saturated rings. The third-order valence-corrected chi connectivity index (χ3v) is 4.37. The van der Waals surface area contributed by atoms with E-state index in [1.54, 1.807) is 29.2 Å². The largest absolute Gasteiger partial charge is 0.334 e. The lowest BCUT2D eigenvalue weighted by atomic mass is 10.1. The maximum absolute atomic E-state index is 13.0. The molecule has 0 saturated carbocycles. The molecule has 0 aliphatic rings. The average Bonchev–Trinajstić information content (AvgIpc) is 2.60. The number of hydrogen-bond donors (Lipinski definition) is 1. The van der Waals surface area contributed by atoms with Gasteiger partial charge in [-0.05, 0) is 41.6 Å². The van der Waals surface area contributed by atoms with Crippen LogP contribution in [-0.2, 0) is 6.54 Å². The molecule has 1 aromatic heterocycles. The van der Waals surface area contributed by atoms with Crippen LogP contribution < -0.4 is 5.56 Å². The van der Waals surface area contributed by atoms with Crippen LogP contribution in [0.4, 0.5) is 0 Å². The van der Waals surface area contributed by atoms with Gasteiger partial charge in [0.25, 0.3) is 11.5 Å². The van der Waals surface area contributed by atoms with Crippen molar-refractivity contribution < 1.29 is 4.79 Å². The summed E-state index contributed by atoms with van der Waals surface area (Å²) < 4.78 is 0. The zero-order valence-electron chi connectivity index (χ0n) is 14.8. The van der Waals surface area contributed by atoms with Gasteiger partial charge in [-0.2, -0.15) is 0 Å². The number of amides is 1. The van der Waals surface area contributed by atoms with Gasteiger partial charge < -0.3 is 9.88 Å². The standard InChI is InChI=1S/C21H21ClN2O2/c1-14(2)12-24(21(26)16-7-5-8-18(22)11-16)13-17-10-15-6-3-4-9-19(15)23-20(17)25/h3-11,14H,12-13H2,1-2H3,(H,23,25). The first kappa shape index (κ1) is 18.2. The summed E-state index contributed by atoms with van der Waals surface area (Å²) in [6.07, 6.45) is 0. The number of aromatic amines is 1. The van der Waals surface area contributed by atoms with E-state index in [-0.39, 0.29) is 23.9 Å². The second-order valence-electron chi connectivity index (χ2n) is 6.80. The molecule has 1 heterocycles. The molecule has 4 nitrogen and oxygen atoms in total. The molecule has 0 radical (unpaired) electrons. The van der Waals surface area contributed by atoms with Crippen LogP contribution in [0.1, 0.15) is 29.8 Å². The number of pyridine rings is 1. The number of H-pyrrole nitrogens is 1. The van der Waals surface area contributed by atoms with Gasteiger partial charge in [-0.1, -0.05) is 49.7 Å².